The van der Waals surface area contributed by atoms with Crippen molar-refractivity contribution in [1.82, 2.24) is 15.3 Å². The highest BCUT2D eigenvalue weighted by Crippen LogP contribution is 2.24. The predicted octanol–water partition coefficient (Wildman–Crippen LogP) is 3.78. The minimum absolute atomic E-state index is 0.193. The van der Waals surface area contributed by atoms with Crippen LogP contribution in [0.3, 0.4) is 0 Å². The lowest BCUT2D eigenvalue weighted by atomic mass is 9.99. The van der Waals surface area contributed by atoms with E-state index in [1.54, 1.807) is 30.6 Å². The lowest BCUT2D eigenvalue weighted by molar-refractivity contribution is 0.0934. The molecule has 0 aliphatic carbocycles. The first-order chi connectivity index (χ1) is 17.5. The van der Waals surface area contributed by atoms with Gasteiger partial charge in [0, 0.05) is 36.7 Å². The SMILES string of the molecule is CCNc1cc(CN)ccc1C(=O)N[C@@H](Cc1ccc(-c2ccc(C(N)=O)cc2)cc1)c1ncc[nH]1. The van der Waals surface area contributed by atoms with Crippen molar-refractivity contribution in [2.75, 3.05) is 11.9 Å². The highest BCUT2D eigenvalue weighted by Gasteiger charge is 2.20. The van der Waals surface area contributed by atoms with Crippen LogP contribution >= 0.6 is 0 Å². The summed E-state index contributed by atoms with van der Waals surface area (Å²) in [4.78, 5) is 32.1. The number of anilines is 1. The third-order valence-corrected chi connectivity index (χ3v) is 5.98. The van der Waals surface area contributed by atoms with Crippen molar-refractivity contribution in [1.29, 1.82) is 0 Å². The van der Waals surface area contributed by atoms with Crippen molar-refractivity contribution in [3.05, 3.63) is 107 Å². The van der Waals surface area contributed by atoms with Crippen molar-refractivity contribution in [2.24, 2.45) is 11.5 Å². The zero-order valence-corrected chi connectivity index (χ0v) is 20.1. The number of aromatic nitrogens is 2. The Bertz CT molecular complexity index is 1320. The number of primary amides is 1. The Labute approximate surface area is 210 Å². The van der Waals surface area contributed by atoms with Crippen molar-refractivity contribution < 1.29 is 9.59 Å². The van der Waals surface area contributed by atoms with Crippen LogP contribution in [0.15, 0.2) is 79.1 Å². The second kappa shape index (κ2) is 11.3. The molecule has 1 aromatic heterocycles. The highest BCUT2D eigenvalue weighted by molar-refractivity contribution is 6.00. The molecule has 1 atom stereocenters. The predicted molar refractivity (Wildman–Crippen MR) is 141 cm³/mol. The molecular formula is C28H30N6O2. The van der Waals surface area contributed by atoms with Gasteiger partial charge in [0.15, 0.2) is 0 Å². The second-order valence-electron chi connectivity index (χ2n) is 8.46. The number of nitrogens with two attached hydrogens (primary N) is 2. The third kappa shape index (κ3) is 5.79. The number of carbonyl (C=O) groups is 2. The number of carbonyl (C=O) groups excluding carboxylic acids is 2. The number of rotatable bonds is 10. The molecule has 7 N–H and O–H groups in total. The Morgan fingerprint density at radius 1 is 0.972 bits per heavy atom. The topological polar surface area (TPSA) is 139 Å². The molecule has 0 bridgehead atoms. The molecule has 3 aromatic carbocycles. The summed E-state index contributed by atoms with van der Waals surface area (Å²) < 4.78 is 0. The van der Waals surface area contributed by atoms with E-state index in [1.807, 2.05) is 55.5 Å². The number of hydrogen-bond acceptors (Lipinski definition) is 5. The molecule has 1 heterocycles. The highest BCUT2D eigenvalue weighted by atomic mass is 16.2. The van der Waals surface area contributed by atoms with Gasteiger partial charge in [-0.15, -0.1) is 0 Å². The summed E-state index contributed by atoms with van der Waals surface area (Å²) in [5.41, 5.74) is 16.9. The van der Waals surface area contributed by atoms with Crippen molar-refractivity contribution >= 4 is 17.5 Å². The molecule has 8 heteroatoms. The fourth-order valence-corrected chi connectivity index (χ4v) is 4.07. The lowest BCUT2D eigenvalue weighted by Gasteiger charge is -2.19. The molecule has 2 amide bonds. The Hall–Kier alpha value is -4.43. The fourth-order valence-electron chi connectivity index (χ4n) is 4.07. The largest absolute Gasteiger partial charge is 0.385 e. The second-order valence-corrected chi connectivity index (χ2v) is 8.46. The van der Waals surface area contributed by atoms with Crippen LogP contribution in [0.1, 0.15) is 50.6 Å². The molecule has 0 fully saturated rings. The molecule has 0 aliphatic heterocycles. The number of H-pyrrole nitrogens is 1. The van der Waals surface area contributed by atoms with Crippen LogP contribution in [-0.2, 0) is 13.0 Å². The summed E-state index contributed by atoms with van der Waals surface area (Å²) >= 11 is 0. The zero-order valence-electron chi connectivity index (χ0n) is 20.1. The summed E-state index contributed by atoms with van der Waals surface area (Å²) in [6, 6.07) is 20.5. The number of aromatic amines is 1. The van der Waals surface area contributed by atoms with Gasteiger partial charge in [-0.25, -0.2) is 4.98 Å². The number of benzene rings is 3. The molecular weight excluding hydrogens is 452 g/mol. The van der Waals surface area contributed by atoms with Crippen LogP contribution in [0.5, 0.6) is 0 Å². The Morgan fingerprint density at radius 2 is 1.64 bits per heavy atom. The summed E-state index contributed by atoms with van der Waals surface area (Å²) in [6.07, 6.45) is 3.97. The molecule has 0 radical (unpaired) electrons. The zero-order chi connectivity index (χ0) is 25.5. The molecule has 184 valence electrons. The van der Waals surface area contributed by atoms with E-state index < -0.39 is 5.91 Å². The maximum absolute atomic E-state index is 13.3. The van der Waals surface area contributed by atoms with Gasteiger partial charge in [0.1, 0.15) is 5.82 Å². The van der Waals surface area contributed by atoms with Gasteiger partial charge < -0.3 is 27.1 Å². The van der Waals surface area contributed by atoms with E-state index >= 15 is 0 Å². The first-order valence-electron chi connectivity index (χ1n) is 11.8. The smallest absolute Gasteiger partial charge is 0.253 e. The normalized spacial score (nSPS) is 11.6. The van der Waals surface area contributed by atoms with Gasteiger partial charge in [-0.3, -0.25) is 9.59 Å². The van der Waals surface area contributed by atoms with E-state index in [0.717, 1.165) is 27.9 Å². The molecule has 0 aliphatic rings. The molecule has 0 unspecified atom stereocenters. The Balaban J connectivity index is 1.53. The minimum atomic E-state index is -0.448. The van der Waals surface area contributed by atoms with Gasteiger partial charge in [0.2, 0.25) is 5.91 Å². The Morgan fingerprint density at radius 3 is 2.22 bits per heavy atom. The number of nitrogens with zero attached hydrogens (tertiary/aromatic N) is 1. The standard InChI is InChI=1S/C28H30N6O2/c1-2-31-24-16-19(17-29)5-12-23(24)28(36)34-25(27-32-13-14-33-27)15-18-3-6-20(7-4-18)21-8-10-22(11-9-21)26(30)35/h3-14,16,25,31H,2,15,17,29H2,1H3,(H2,30,35)(H,32,33)(H,34,36)/t25-/m0/s1. The molecule has 4 aromatic rings. The van der Waals surface area contributed by atoms with Crippen LogP contribution in [-0.4, -0.2) is 28.3 Å². The average molecular weight is 483 g/mol. The van der Waals surface area contributed by atoms with Crippen LogP contribution < -0.4 is 22.1 Å². The third-order valence-electron chi connectivity index (χ3n) is 5.98. The molecule has 8 nitrogen and oxygen atoms in total. The van der Waals surface area contributed by atoms with E-state index in [0.29, 0.717) is 36.5 Å². The van der Waals surface area contributed by atoms with Crippen LogP contribution in [0.25, 0.3) is 11.1 Å². The first-order valence-corrected chi connectivity index (χ1v) is 11.8. The lowest BCUT2D eigenvalue weighted by Crippen LogP contribution is -2.31. The molecule has 4 rings (SSSR count). The number of hydrogen-bond donors (Lipinski definition) is 5. The van der Waals surface area contributed by atoms with Crippen LogP contribution in [0.2, 0.25) is 0 Å². The fraction of sp³-hybridized carbons (Fsp3) is 0.179. The van der Waals surface area contributed by atoms with E-state index in [4.69, 9.17) is 11.5 Å². The van der Waals surface area contributed by atoms with E-state index in [2.05, 4.69) is 20.6 Å². The quantitative estimate of drug-likeness (QED) is 0.234. The van der Waals surface area contributed by atoms with E-state index in [9.17, 15) is 9.59 Å². The number of nitrogens with one attached hydrogen (secondary N) is 3. The van der Waals surface area contributed by atoms with Crippen molar-refractivity contribution in [3.63, 3.8) is 0 Å². The minimum Gasteiger partial charge on any atom is -0.385 e. The summed E-state index contributed by atoms with van der Waals surface area (Å²) in [7, 11) is 0. The van der Waals surface area contributed by atoms with Crippen LogP contribution in [0.4, 0.5) is 5.69 Å². The Kier molecular flexibility index (Phi) is 7.77. The number of imidazole rings is 1. The van der Waals surface area contributed by atoms with Gasteiger partial charge >= 0.3 is 0 Å². The van der Waals surface area contributed by atoms with Gasteiger partial charge in [-0.05, 0) is 59.9 Å². The molecule has 0 saturated carbocycles. The van der Waals surface area contributed by atoms with Gasteiger partial charge in [0.05, 0.1) is 11.6 Å². The maximum atomic E-state index is 13.3. The van der Waals surface area contributed by atoms with Gasteiger partial charge in [-0.1, -0.05) is 42.5 Å². The van der Waals surface area contributed by atoms with Gasteiger partial charge in [-0.2, -0.15) is 0 Å². The summed E-state index contributed by atoms with van der Waals surface area (Å²) in [6.45, 7) is 3.08. The van der Waals surface area contributed by atoms with Crippen LogP contribution in [0, 0.1) is 0 Å². The van der Waals surface area contributed by atoms with E-state index in [-0.39, 0.29) is 11.9 Å². The summed E-state index contributed by atoms with van der Waals surface area (Å²) in [5.74, 6) is 0.0379. The van der Waals surface area contributed by atoms with Crippen molar-refractivity contribution in [2.45, 2.75) is 25.9 Å². The monoisotopic (exact) mass is 482 g/mol. The van der Waals surface area contributed by atoms with Crippen molar-refractivity contribution in [3.8, 4) is 11.1 Å². The maximum Gasteiger partial charge on any atom is 0.253 e. The molecule has 36 heavy (non-hydrogen) atoms. The average Bonchev–Trinajstić information content (AvgIpc) is 3.44. The molecule has 0 spiro atoms. The summed E-state index contributed by atoms with van der Waals surface area (Å²) in [5, 5.41) is 6.39. The number of amides is 2. The molecule has 0 saturated heterocycles. The van der Waals surface area contributed by atoms with E-state index in [1.165, 1.54) is 0 Å². The van der Waals surface area contributed by atoms with Gasteiger partial charge in [0.25, 0.3) is 5.91 Å². The first kappa shape index (κ1) is 24.7.